The van der Waals surface area contributed by atoms with Crippen LogP contribution in [-0.2, 0) is 11.3 Å². The highest BCUT2D eigenvalue weighted by Crippen LogP contribution is 1.96. The molecule has 0 aliphatic heterocycles. The molecule has 11 heavy (non-hydrogen) atoms. The van der Waals surface area contributed by atoms with Crippen molar-refractivity contribution in [3.8, 4) is 0 Å². The van der Waals surface area contributed by atoms with Gasteiger partial charge in [-0.05, 0) is 6.07 Å². The molecule has 0 atom stereocenters. The molecule has 58 valence electrons. The van der Waals surface area contributed by atoms with Crippen LogP contribution in [0.4, 0.5) is 0 Å². The van der Waals surface area contributed by atoms with E-state index in [-0.39, 0.29) is 6.02 Å². The third-order valence-corrected chi connectivity index (χ3v) is 1.12. The van der Waals surface area contributed by atoms with Gasteiger partial charge in [-0.3, -0.25) is 10.4 Å². The summed E-state index contributed by atoms with van der Waals surface area (Å²) in [6.45, 7) is 0.309. The van der Waals surface area contributed by atoms with Crippen molar-refractivity contribution in [2.24, 2.45) is 5.73 Å². The van der Waals surface area contributed by atoms with E-state index in [2.05, 4.69) is 4.98 Å². The van der Waals surface area contributed by atoms with Gasteiger partial charge in [0.25, 0.3) is 6.02 Å². The quantitative estimate of drug-likeness (QED) is 0.477. The number of amidine groups is 1. The van der Waals surface area contributed by atoms with Crippen molar-refractivity contribution >= 4 is 6.02 Å². The molecule has 0 saturated heterocycles. The maximum atomic E-state index is 6.78. The third-order valence-electron chi connectivity index (χ3n) is 1.12. The summed E-state index contributed by atoms with van der Waals surface area (Å²) < 4.78 is 4.75. The molecule has 0 saturated carbocycles. The maximum absolute atomic E-state index is 6.78. The highest BCUT2D eigenvalue weighted by atomic mass is 16.5. The van der Waals surface area contributed by atoms with Gasteiger partial charge in [-0.15, -0.1) is 0 Å². The Bertz CT molecular complexity index is 235. The topological polar surface area (TPSA) is 72.0 Å². The van der Waals surface area contributed by atoms with E-state index >= 15 is 0 Å². The highest BCUT2D eigenvalue weighted by molar-refractivity contribution is 5.67. The van der Waals surface area contributed by atoms with Crippen LogP contribution in [0.15, 0.2) is 24.5 Å². The number of pyridine rings is 1. The normalized spacial score (nSPS) is 9.09. The van der Waals surface area contributed by atoms with Gasteiger partial charge in [-0.1, -0.05) is 6.07 Å². The Balaban J connectivity index is 2.45. The van der Waals surface area contributed by atoms with Crippen molar-refractivity contribution in [2.45, 2.75) is 6.61 Å². The Labute approximate surface area is 64.5 Å². The number of hydrogen-bond donors (Lipinski definition) is 2. The summed E-state index contributed by atoms with van der Waals surface area (Å²) in [6, 6.07) is 3.39. The first kappa shape index (κ1) is 7.53. The Morgan fingerprint density at radius 3 is 3.09 bits per heavy atom. The fourth-order valence-corrected chi connectivity index (χ4v) is 0.645. The third kappa shape index (κ3) is 2.66. The van der Waals surface area contributed by atoms with Crippen LogP contribution in [0.25, 0.3) is 0 Å². The maximum Gasteiger partial charge on any atom is 0.279 e. The van der Waals surface area contributed by atoms with Crippen molar-refractivity contribution in [2.75, 3.05) is 0 Å². The first-order valence-electron chi connectivity index (χ1n) is 3.15. The van der Waals surface area contributed by atoms with Crippen LogP contribution in [0.1, 0.15) is 5.56 Å². The van der Waals surface area contributed by atoms with Gasteiger partial charge in [-0.2, -0.15) is 0 Å². The van der Waals surface area contributed by atoms with Crippen LogP contribution in [0.2, 0.25) is 0 Å². The summed E-state index contributed by atoms with van der Waals surface area (Å²) in [5, 5.41) is 6.78. The lowest BCUT2D eigenvalue weighted by Gasteiger charge is -2.01. The van der Waals surface area contributed by atoms with Gasteiger partial charge >= 0.3 is 0 Å². The van der Waals surface area contributed by atoms with Crippen LogP contribution < -0.4 is 5.73 Å². The number of nitrogens with one attached hydrogen (secondary N) is 1. The lowest BCUT2D eigenvalue weighted by Crippen LogP contribution is -2.13. The van der Waals surface area contributed by atoms with E-state index in [1.54, 1.807) is 18.5 Å². The number of nitrogens with zero attached hydrogens (tertiary/aromatic N) is 1. The molecule has 1 heterocycles. The zero-order chi connectivity index (χ0) is 8.10. The van der Waals surface area contributed by atoms with E-state index in [0.717, 1.165) is 5.56 Å². The SMILES string of the molecule is N=C(N)OCc1cccnc1. The van der Waals surface area contributed by atoms with E-state index in [1.807, 2.05) is 6.07 Å². The molecular weight excluding hydrogens is 142 g/mol. The van der Waals surface area contributed by atoms with E-state index in [1.165, 1.54) is 0 Å². The molecule has 0 unspecified atom stereocenters. The molecule has 0 spiro atoms. The molecule has 0 aromatic carbocycles. The molecule has 0 aliphatic carbocycles. The van der Waals surface area contributed by atoms with Crippen LogP contribution in [0.3, 0.4) is 0 Å². The molecule has 0 bridgehead atoms. The summed E-state index contributed by atoms with van der Waals surface area (Å²) >= 11 is 0. The van der Waals surface area contributed by atoms with Gasteiger partial charge in [0.2, 0.25) is 0 Å². The summed E-state index contributed by atoms with van der Waals surface area (Å²) in [5.74, 6) is 0. The summed E-state index contributed by atoms with van der Waals surface area (Å²) in [7, 11) is 0. The standard InChI is InChI=1S/C7H9N3O/c8-7(9)11-5-6-2-1-3-10-4-6/h1-4H,5H2,(H3,8,9). The molecule has 4 nitrogen and oxygen atoms in total. The number of rotatable bonds is 2. The predicted molar refractivity (Wildman–Crippen MR) is 40.9 cm³/mol. The zero-order valence-corrected chi connectivity index (χ0v) is 5.95. The van der Waals surface area contributed by atoms with Gasteiger partial charge < -0.3 is 10.5 Å². The largest absolute Gasteiger partial charge is 0.461 e. The average Bonchev–Trinajstić information content (AvgIpc) is 2.03. The second-order valence-electron chi connectivity index (χ2n) is 2.01. The van der Waals surface area contributed by atoms with Gasteiger partial charge in [0, 0.05) is 18.0 Å². The lowest BCUT2D eigenvalue weighted by molar-refractivity contribution is 0.284. The highest BCUT2D eigenvalue weighted by Gasteiger charge is 1.92. The molecule has 4 heteroatoms. The fraction of sp³-hybridized carbons (Fsp3) is 0.143. The predicted octanol–water partition coefficient (Wildman–Crippen LogP) is 0.492. The molecule has 0 aliphatic rings. The zero-order valence-electron chi connectivity index (χ0n) is 5.95. The second kappa shape index (κ2) is 3.55. The van der Waals surface area contributed by atoms with Gasteiger partial charge in [-0.25, -0.2) is 0 Å². The minimum atomic E-state index is -0.270. The Morgan fingerprint density at radius 2 is 2.55 bits per heavy atom. The van der Waals surface area contributed by atoms with Crippen LogP contribution in [-0.4, -0.2) is 11.0 Å². The van der Waals surface area contributed by atoms with Crippen molar-refractivity contribution in [1.82, 2.24) is 4.98 Å². The summed E-state index contributed by atoms with van der Waals surface area (Å²) in [6.07, 6.45) is 3.35. The van der Waals surface area contributed by atoms with Crippen molar-refractivity contribution in [3.05, 3.63) is 30.1 Å². The first-order valence-corrected chi connectivity index (χ1v) is 3.15. The van der Waals surface area contributed by atoms with E-state index in [4.69, 9.17) is 15.9 Å². The molecule has 1 aromatic heterocycles. The average molecular weight is 151 g/mol. The summed E-state index contributed by atoms with van der Waals surface area (Å²) in [4.78, 5) is 3.87. The second-order valence-corrected chi connectivity index (χ2v) is 2.01. The number of ether oxygens (including phenoxy) is 1. The molecule has 1 rings (SSSR count). The van der Waals surface area contributed by atoms with Crippen molar-refractivity contribution in [3.63, 3.8) is 0 Å². The van der Waals surface area contributed by atoms with E-state index in [0.29, 0.717) is 6.61 Å². The van der Waals surface area contributed by atoms with E-state index in [9.17, 15) is 0 Å². The molecule has 1 aromatic rings. The lowest BCUT2D eigenvalue weighted by atomic mass is 10.3. The van der Waals surface area contributed by atoms with Crippen LogP contribution in [0, 0.1) is 5.41 Å². The Kier molecular flexibility index (Phi) is 2.43. The van der Waals surface area contributed by atoms with Crippen LogP contribution in [0.5, 0.6) is 0 Å². The van der Waals surface area contributed by atoms with Gasteiger partial charge in [0.15, 0.2) is 0 Å². The Hall–Kier alpha value is -1.58. The van der Waals surface area contributed by atoms with E-state index < -0.39 is 0 Å². The smallest absolute Gasteiger partial charge is 0.279 e. The minimum absolute atomic E-state index is 0.270. The molecule has 0 radical (unpaired) electrons. The number of hydrogen-bond acceptors (Lipinski definition) is 3. The van der Waals surface area contributed by atoms with Crippen molar-refractivity contribution < 1.29 is 4.74 Å². The number of nitrogens with two attached hydrogens (primary N) is 1. The fourth-order valence-electron chi connectivity index (χ4n) is 0.645. The van der Waals surface area contributed by atoms with Gasteiger partial charge in [0.05, 0.1) is 0 Å². The molecule has 0 fully saturated rings. The number of aromatic nitrogens is 1. The molecular formula is C7H9N3O. The molecule has 3 N–H and O–H groups in total. The van der Waals surface area contributed by atoms with Crippen LogP contribution >= 0.6 is 0 Å². The minimum Gasteiger partial charge on any atom is -0.461 e. The summed E-state index contributed by atoms with van der Waals surface area (Å²) in [5.41, 5.74) is 5.89. The van der Waals surface area contributed by atoms with Gasteiger partial charge in [0.1, 0.15) is 6.61 Å². The molecule has 0 amide bonds. The van der Waals surface area contributed by atoms with Crippen molar-refractivity contribution in [1.29, 1.82) is 5.41 Å². The monoisotopic (exact) mass is 151 g/mol. The Morgan fingerprint density at radius 1 is 1.73 bits per heavy atom. The first-order chi connectivity index (χ1) is 5.29.